The van der Waals surface area contributed by atoms with Crippen molar-refractivity contribution in [1.29, 1.82) is 0 Å². The normalized spacial score (nSPS) is 21.4. The molecule has 0 aliphatic heterocycles. The lowest BCUT2D eigenvalue weighted by Gasteiger charge is -2.39. The summed E-state index contributed by atoms with van der Waals surface area (Å²) < 4.78 is 5.40. The van der Waals surface area contributed by atoms with Gasteiger partial charge >= 0.3 is 12.1 Å². The van der Waals surface area contributed by atoms with Gasteiger partial charge < -0.3 is 14.7 Å². The molecule has 0 atom stereocenters. The maximum atomic E-state index is 12.2. The fraction of sp³-hybridized carbons (Fsp3) is 0.857. The van der Waals surface area contributed by atoms with Gasteiger partial charge in [-0.05, 0) is 52.9 Å². The number of hydrogen-bond donors (Lipinski definition) is 1. The van der Waals surface area contributed by atoms with E-state index in [2.05, 4.69) is 0 Å². The Hall–Kier alpha value is -1.26. The van der Waals surface area contributed by atoms with Crippen LogP contribution in [-0.4, -0.2) is 40.3 Å². The average Bonchev–Trinajstić information content (AvgIpc) is 2.92. The minimum absolute atomic E-state index is 0.159. The number of nitrogens with zero attached hydrogens (tertiary/aromatic N) is 1. The summed E-state index contributed by atoms with van der Waals surface area (Å²) in [6, 6.07) is 0.159. The van der Waals surface area contributed by atoms with Gasteiger partial charge in [0, 0.05) is 12.6 Å². The third-order valence-electron chi connectivity index (χ3n) is 3.92. The summed E-state index contributed by atoms with van der Waals surface area (Å²) in [6.07, 6.45) is 3.96. The van der Waals surface area contributed by atoms with Crippen LogP contribution in [0.4, 0.5) is 4.79 Å². The Balaban J connectivity index is 2.04. The number of carboxylic acids is 1. The van der Waals surface area contributed by atoms with Crippen molar-refractivity contribution in [3.8, 4) is 0 Å². The van der Waals surface area contributed by atoms with Gasteiger partial charge in [0.25, 0.3) is 0 Å². The second kappa shape index (κ2) is 4.69. The van der Waals surface area contributed by atoms with Gasteiger partial charge in [-0.15, -0.1) is 0 Å². The van der Waals surface area contributed by atoms with E-state index in [1.807, 2.05) is 20.8 Å². The number of aliphatic carboxylic acids is 1. The predicted molar refractivity (Wildman–Crippen MR) is 69.9 cm³/mol. The first-order chi connectivity index (χ1) is 8.73. The maximum absolute atomic E-state index is 12.2. The van der Waals surface area contributed by atoms with Crippen LogP contribution in [0.25, 0.3) is 0 Å². The topological polar surface area (TPSA) is 66.8 Å². The molecule has 5 heteroatoms. The third kappa shape index (κ3) is 3.19. The van der Waals surface area contributed by atoms with E-state index in [4.69, 9.17) is 4.74 Å². The zero-order valence-corrected chi connectivity index (χ0v) is 11.9. The maximum Gasteiger partial charge on any atom is 0.410 e. The first kappa shape index (κ1) is 14.2. The van der Waals surface area contributed by atoms with E-state index in [-0.39, 0.29) is 12.1 Å². The van der Waals surface area contributed by atoms with Crippen molar-refractivity contribution < 1.29 is 19.4 Å². The molecule has 19 heavy (non-hydrogen) atoms. The van der Waals surface area contributed by atoms with E-state index >= 15 is 0 Å². The summed E-state index contributed by atoms with van der Waals surface area (Å²) in [5, 5.41) is 9.26. The Morgan fingerprint density at radius 2 is 1.89 bits per heavy atom. The van der Waals surface area contributed by atoms with E-state index in [9.17, 15) is 14.7 Å². The Kier molecular flexibility index (Phi) is 3.49. The van der Waals surface area contributed by atoms with Gasteiger partial charge in [-0.1, -0.05) is 0 Å². The summed E-state index contributed by atoms with van der Waals surface area (Å²) in [4.78, 5) is 25.2. The predicted octanol–water partition coefficient (Wildman–Crippen LogP) is 2.64. The van der Waals surface area contributed by atoms with Crippen LogP contribution in [0.2, 0.25) is 0 Å². The summed E-state index contributed by atoms with van der Waals surface area (Å²) >= 11 is 0. The Morgan fingerprint density at radius 1 is 1.32 bits per heavy atom. The summed E-state index contributed by atoms with van der Waals surface area (Å²) in [5.41, 5.74) is -1.26. The molecule has 2 aliphatic carbocycles. The van der Waals surface area contributed by atoms with Gasteiger partial charge in [-0.25, -0.2) is 4.79 Å². The first-order valence-corrected chi connectivity index (χ1v) is 6.97. The number of rotatable bonds is 4. The second-order valence-electron chi connectivity index (χ2n) is 6.78. The molecule has 2 fully saturated rings. The van der Waals surface area contributed by atoms with E-state index in [0.29, 0.717) is 19.4 Å². The van der Waals surface area contributed by atoms with Crippen LogP contribution >= 0.6 is 0 Å². The highest BCUT2D eigenvalue weighted by Crippen LogP contribution is 2.47. The molecule has 2 saturated carbocycles. The lowest BCUT2D eigenvalue weighted by Crippen LogP contribution is -2.50. The number of amides is 1. The largest absolute Gasteiger partial charge is 0.481 e. The lowest BCUT2D eigenvalue weighted by atomic mass is 9.90. The number of ether oxygens (including phenoxy) is 1. The summed E-state index contributed by atoms with van der Waals surface area (Å²) in [5.74, 6) is -0.791. The quantitative estimate of drug-likeness (QED) is 0.852. The Bertz CT molecular complexity index is 377. The molecule has 0 aromatic carbocycles. The molecule has 0 bridgehead atoms. The zero-order chi connectivity index (χ0) is 14.3. The van der Waals surface area contributed by atoms with E-state index < -0.39 is 17.0 Å². The van der Waals surface area contributed by atoms with E-state index in [1.54, 1.807) is 4.90 Å². The van der Waals surface area contributed by atoms with Gasteiger partial charge in [0.2, 0.25) is 0 Å². The molecule has 2 rings (SSSR count). The first-order valence-electron chi connectivity index (χ1n) is 6.97. The highest BCUT2D eigenvalue weighted by atomic mass is 16.6. The van der Waals surface area contributed by atoms with Crippen molar-refractivity contribution in [1.82, 2.24) is 4.90 Å². The summed E-state index contributed by atoms with van der Waals surface area (Å²) in [7, 11) is 0. The minimum Gasteiger partial charge on any atom is -0.481 e. The summed E-state index contributed by atoms with van der Waals surface area (Å²) in [6.45, 7) is 5.78. The van der Waals surface area contributed by atoms with Crippen molar-refractivity contribution in [2.24, 2.45) is 5.41 Å². The Labute approximate surface area is 113 Å². The van der Waals surface area contributed by atoms with Gasteiger partial charge in [0.1, 0.15) is 5.60 Å². The highest BCUT2D eigenvalue weighted by Gasteiger charge is 2.53. The fourth-order valence-electron chi connectivity index (χ4n) is 2.28. The fourth-order valence-corrected chi connectivity index (χ4v) is 2.28. The van der Waals surface area contributed by atoms with Crippen LogP contribution in [-0.2, 0) is 9.53 Å². The average molecular weight is 269 g/mol. The molecule has 2 aliphatic rings. The van der Waals surface area contributed by atoms with Gasteiger partial charge in [-0.3, -0.25) is 4.79 Å². The number of carboxylic acid groups (broad SMARTS) is 1. The highest BCUT2D eigenvalue weighted by molar-refractivity contribution is 5.79. The molecule has 0 heterocycles. The lowest BCUT2D eigenvalue weighted by molar-refractivity contribution is -0.144. The van der Waals surface area contributed by atoms with Crippen LogP contribution < -0.4 is 0 Å². The SMILES string of the molecule is CC(C)(C)OC(=O)N(CC1(C(=O)O)CC1)C1CCC1. The van der Waals surface area contributed by atoms with Crippen LogP contribution in [0.1, 0.15) is 52.9 Å². The van der Waals surface area contributed by atoms with Crippen molar-refractivity contribution in [3.05, 3.63) is 0 Å². The minimum atomic E-state index is -0.791. The van der Waals surface area contributed by atoms with Crippen molar-refractivity contribution in [2.75, 3.05) is 6.54 Å². The van der Waals surface area contributed by atoms with E-state index in [0.717, 1.165) is 19.3 Å². The Morgan fingerprint density at radius 3 is 2.21 bits per heavy atom. The second-order valence-corrected chi connectivity index (χ2v) is 6.78. The molecular formula is C14H23NO4. The molecule has 5 nitrogen and oxygen atoms in total. The molecule has 0 spiro atoms. The molecule has 108 valence electrons. The molecule has 0 aromatic heterocycles. The molecule has 0 saturated heterocycles. The molecule has 0 aromatic rings. The molecule has 1 amide bonds. The van der Waals surface area contributed by atoms with Crippen LogP contribution in [0.15, 0.2) is 0 Å². The van der Waals surface area contributed by atoms with Crippen molar-refractivity contribution in [3.63, 3.8) is 0 Å². The zero-order valence-electron chi connectivity index (χ0n) is 11.9. The van der Waals surface area contributed by atoms with Gasteiger partial charge in [0.05, 0.1) is 5.41 Å². The molecule has 0 radical (unpaired) electrons. The standard InChI is InChI=1S/C14H23NO4/c1-13(2,3)19-12(18)15(10-5-4-6-10)9-14(7-8-14)11(16)17/h10H,4-9H2,1-3H3,(H,16,17). The van der Waals surface area contributed by atoms with Crippen LogP contribution in [0.5, 0.6) is 0 Å². The molecular weight excluding hydrogens is 246 g/mol. The number of hydrogen-bond acceptors (Lipinski definition) is 3. The molecule has 0 unspecified atom stereocenters. The smallest absolute Gasteiger partial charge is 0.410 e. The van der Waals surface area contributed by atoms with Crippen molar-refractivity contribution in [2.45, 2.75) is 64.5 Å². The van der Waals surface area contributed by atoms with Gasteiger partial charge in [0.15, 0.2) is 0 Å². The van der Waals surface area contributed by atoms with E-state index in [1.165, 1.54) is 0 Å². The third-order valence-corrected chi connectivity index (χ3v) is 3.92. The van der Waals surface area contributed by atoms with Crippen LogP contribution in [0, 0.1) is 5.41 Å². The number of carbonyl (C=O) groups excluding carboxylic acids is 1. The van der Waals surface area contributed by atoms with Crippen LogP contribution in [0.3, 0.4) is 0 Å². The van der Waals surface area contributed by atoms with Gasteiger partial charge in [-0.2, -0.15) is 0 Å². The van der Waals surface area contributed by atoms with Crippen molar-refractivity contribution >= 4 is 12.1 Å². The molecule has 1 N–H and O–H groups in total. The monoisotopic (exact) mass is 269 g/mol. The number of carbonyl (C=O) groups is 2.